The van der Waals surface area contributed by atoms with Crippen LogP contribution in [0, 0.1) is 0 Å². The molecule has 0 radical (unpaired) electrons. The van der Waals surface area contributed by atoms with Crippen LogP contribution in [-0.4, -0.2) is 22.6 Å². The number of nitrogens with one attached hydrogen (secondary N) is 2. The molecule has 0 aliphatic heterocycles. The zero-order valence-corrected chi connectivity index (χ0v) is 16.5. The van der Waals surface area contributed by atoms with Gasteiger partial charge in [0.2, 0.25) is 5.91 Å². The van der Waals surface area contributed by atoms with Crippen molar-refractivity contribution in [3.63, 3.8) is 0 Å². The quantitative estimate of drug-likeness (QED) is 0.413. The van der Waals surface area contributed by atoms with Gasteiger partial charge >= 0.3 is 0 Å². The molecule has 4 N–H and O–H groups in total. The minimum absolute atomic E-state index is 0.0940. The van der Waals surface area contributed by atoms with Gasteiger partial charge in [0, 0.05) is 11.1 Å². The number of rotatable bonds is 8. The topological polar surface area (TPSA) is 93.0 Å². The molecule has 0 spiro atoms. The van der Waals surface area contributed by atoms with E-state index in [0.29, 0.717) is 19.6 Å². The average Bonchev–Trinajstić information content (AvgIpc) is 3.25. The number of nitrogens with two attached hydrogens (primary N) is 1. The molecule has 1 aromatic heterocycles. The van der Waals surface area contributed by atoms with E-state index < -0.39 is 0 Å². The zero-order chi connectivity index (χ0) is 20.8. The van der Waals surface area contributed by atoms with Crippen molar-refractivity contribution in [2.24, 2.45) is 5.73 Å². The lowest BCUT2D eigenvalue weighted by Gasteiger charge is -2.18. The Kier molecular flexibility index (Phi) is 6.06. The fourth-order valence-electron chi connectivity index (χ4n) is 3.43. The van der Waals surface area contributed by atoms with E-state index in [1.807, 2.05) is 72.8 Å². The molecular weight excluding hydrogens is 376 g/mol. The van der Waals surface area contributed by atoms with Crippen molar-refractivity contribution < 1.29 is 9.53 Å². The number of aromatic nitrogens is 2. The smallest absolute Gasteiger partial charge is 0.231 e. The second-order valence-corrected chi connectivity index (χ2v) is 7.14. The summed E-state index contributed by atoms with van der Waals surface area (Å²) in [6.45, 7) is 0.886. The number of nitrogens with zero attached hydrogens (tertiary/aromatic N) is 1. The Labute approximate surface area is 175 Å². The van der Waals surface area contributed by atoms with E-state index in [2.05, 4.69) is 15.5 Å². The van der Waals surface area contributed by atoms with Crippen molar-refractivity contribution in [1.82, 2.24) is 10.2 Å². The van der Waals surface area contributed by atoms with Gasteiger partial charge in [0.05, 0.1) is 17.6 Å². The monoisotopic (exact) mass is 400 g/mol. The van der Waals surface area contributed by atoms with Gasteiger partial charge in [-0.15, -0.1) is 0 Å². The largest absolute Gasteiger partial charge is 0.489 e. The summed E-state index contributed by atoms with van der Waals surface area (Å²) in [6, 6.07) is 23.3. The molecule has 4 aromatic rings. The minimum Gasteiger partial charge on any atom is -0.489 e. The predicted octanol–water partition coefficient (Wildman–Crippen LogP) is 4.21. The van der Waals surface area contributed by atoms with Gasteiger partial charge in [-0.2, -0.15) is 5.10 Å². The minimum atomic E-state index is -0.365. The third-order valence-electron chi connectivity index (χ3n) is 4.99. The Balaban J connectivity index is 1.49. The third-order valence-corrected chi connectivity index (χ3v) is 4.99. The highest BCUT2D eigenvalue weighted by Gasteiger charge is 2.21. The van der Waals surface area contributed by atoms with Gasteiger partial charge in [-0.25, -0.2) is 0 Å². The number of fused-ring (bicyclic) bond motifs is 1. The number of hydrogen-bond acceptors (Lipinski definition) is 4. The lowest BCUT2D eigenvalue weighted by atomic mass is 9.94. The first-order valence-corrected chi connectivity index (χ1v) is 9.93. The second-order valence-electron chi connectivity index (χ2n) is 7.14. The van der Waals surface area contributed by atoms with Crippen molar-refractivity contribution in [3.8, 4) is 5.75 Å². The molecule has 0 aliphatic carbocycles. The summed E-state index contributed by atoms with van der Waals surface area (Å²) in [6.07, 6.45) is 2.28. The van der Waals surface area contributed by atoms with E-state index in [1.54, 1.807) is 6.20 Å². The fourth-order valence-corrected chi connectivity index (χ4v) is 3.43. The molecule has 4 rings (SSSR count). The van der Waals surface area contributed by atoms with Gasteiger partial charge in [0.15, 0.2) is 0 Å². The van der Waals surface area contributed by atoms with E-state index in [9.17, 15) is 4.79 Å². The van der Waals surface area contributed by atoms with Crippen LogP contribution in [0.25, 0.3) is 10.9 Å². The summed E-state index contributed by atoms with van der Waals surface area (Å²) in [5.41, 5.74) is 9.44. The molecule has 30 heavy (non-hydrogen) atoms. The molecule has 0 aliphatic rings. The average molecular weight is 400 g/mol. The standard InChI is InChI=1S/C24H24N4O2/c25-12-11-22(24(29)27-20-9-10-23-19(13-20)15-26-28-23)18-7-4-8-21(14-18)30-16-17-5-2-1-3-6-17/h1-10,13-15,22H,11-12,16,25H2,(H,26,28)(H,27,29). The van der Waals surface area contributed by atoms with Crippen LogP contribution in [-0.2, 0) is 11.4 Å². The lowest BCUT2D eigenvalue weighted by molar-refractivity contribution is -0.117. The fraction of sp³-hybridized carbons (Fsp3) is 0.167. The first-order chi connectivity index (χ1) is 14.7. The molecule has 0 fully saturated rings. The van der Waals surface area contributed by atoms with Crippen molar-refractivity contribution in [2.75, 3.05) is 11.9 Å². The Morgan fingerprint density at radius 2 is 1.93 bits per heavy atom. The van der Waals surface area contributed by atoms with Gasteiger partial charge in [-0.1, -0.05) is 42.5 Å². The van der Waals surface area contributed by atoms with Crippen LogP contribution in [0.15, 0.2) is 79.0 Å². The first-order valence-electron chi connectivity index (χ1n) is 9.93. The summed E-state index contributed by atoms with van der Waals surface area (Å²) in [4.78, 5) is 13.0. The number of carbonyl (C=O) groups excluding carboxylic acids is 1. The van der Waals surface area contributed by atoms with E-state index in [-0.39, 0.29) is 11.8 Å². The Morgan fingerprint density at radius 3 is 2.77 bits per heavy atom. The molecule has 6 heteroatoms. The molecule has 6 nitrogen and oxygen atoms in total. The summed E-state index contributed by atoms with van der Waals surface area (Å²) in [5, 5.41) is 10.9. The highest BCUT2D eigenvalue weighted by molar-refractivity contribution is 5.97. The zero-order valence-electron chi connectivity index (χ0n) is 16.5. The number of H-pyrrole nitrogens is 1. The molecule has 1 atom stereocenters. The molecule has 1 unspecified atom stereocenters. The molecule has 0 saturated heterocycles. The highest BCUT2D eigenvalue weighted by atomic mass is 16.5. The van der Waals surface area contributed by atoms with Crippen LogP contribution in [0.3, 0.4) is 0 Å². The normalized spacial score (nSPS) is 11.9. The highest BCUT2D eigenvalue weighted by Crippen LogP contribution is 2.26. The summed E-state index contributed by atoms with van der Waals surface area (Å²) in [7, 11) is 0. The maximum Gasteiger partial charge on any atom is 0.231 e. The number of benzene rings is 3. The van der Waals surface area contributed by atoms with Gasteiger partial charge in [0.25, 0.3) is 0 Å². The Bertz CT molecular complexity index is 1120. The van der Waals surface area contributed by atoms with Crippen LogP contribution < -0.4 is 15.8 Å². The number of aromatic amines is 1. The third kappa shape index (κ3) is 4.67. The van der Waals surface area contributed by atoms with Crippen LogP contribution >= 0.6 is 0 Å². The Hall–Kier alpha value is -3.64. The van der Waals surface area contributed by atoms with Crippen molar-refractivity contribution in [1.29, 1.82) is 0 Å². The van der Waals surface area contributed by atoms with Crippen molar-refractivity contribution in [3.05, 3.63) is 90.1 Å². The molecule has 1 heterocycles. The SMILES string of the molecule is NCCC(C(=O)Nc1ccc2[nH]ncc2c1)c1cccc(OCc2ccccc2)c1. The molecular formula is C24H24N4O2. The Morgan fingerprint density at radius 1 is 1.07 bits per heavy atom. The first kappa shape index (κ1) is 19.7. The lowest BCUT2D eigenvalue weighted by Crippen LogP contribution is -2.23. The summed E-state index contributed by atoms with van der Waals surface area (Å²) in [5.74, 6) is 0.268. The van der Waals surface area contributed by atoms with Crippen LogP contribution in [0.1, 0.15) is 23.5 Å². The predicted molar refractivity (Wildman–Crippen MR) is 118 cm³/mol. The number of hydrogen-bond donors (Lipinski definition) is 3. The van der Waals surface area contributed by atoms with Gasteiger partial charge in [-0.05, 0) is 54.4 Å². The van der Waals surface area contributed by atoms with E-state index in [0.717, 1.165) is 33.5 Å². The maximum absolute atomic E-state index is 13.0. The summed E-state index contributed by atoms with van der Waals surface area (Å²) >= 11 is 0. The molecule has 0 saturated carbocycles. The van der Waals surface area contributed by atoms with E-state index >= 15 is 0 Å². The van der Waals surface area contributed by atoms with Gasteiger partial charge in [-0.3, -0.25) is 9.89 Å². The molecule has 0 bridgehead atoms. The van der Waals surface area contributed by atoms with Crippen LogP contribution in [0.4, 0.5) is 5.69 Å². The maximum atomic E-state index is 13.0. The van der Waals surface area contributed by atoms with Crippen LogP contribution in [0.2, 0.25) is 0 Å². The molecule has 3 aromatic carbocycles. The van der Waals surface area contributed by atoms with Crippen LogP contribution in [0.5, 0.6) is 5.75 Å². The van der Waals surface area contributed by atoms with Gasteiger partial charge < -0.3 is 15.8 Å². The number of amides is 1. The van der Waals surface area contributed by atoms with E-state index in [4.69, 9.17) is 10.5 Å². The number of carbonyl (C=O) groups is 1. The summed E-state index contributed by atoms with van der Waals surface area (Å²) < 4.78 is 5.92. The van der Waals surface area contributed by atoms with E-state index in [1.165, 1.54) is 0 Å². The number of anilines is 1. The van der Waals surface area contributed by atoms with Crippen molar-refractivity contribution >= 4 is 22.5 Å². The number of ether oxygens (including phenoxy) is 1. The van der Waals surface area contributed by atoms with Crippen molar-refractivity contribution in [2.45, 2.75) is 18.9 Å². The second kappa shape index (κ2) is 9.24. The molecule has 1 amide bonds. The van der Waals surface area contributed by atoms with Gasteiger partial charge in [0.1, 0.15) is 12.4 Å². The molecule has 152 valence electrons.